The Bertz CT molecular complexity index is 384. The van der Waals surface area contributed by atoms with Crippen LogP contribution in [0.5, 0.6) is 0 Å². The van der Waals surface area contributed by atoms with E-state index in [4.69, 9.17) is 0 Å². The number of benzene rings is 1. The Morgan fingerprint density at radius 3 is 2.87 bits per heavy atom. The molecule has 1 rings (SSSR count). The average molecular weight is 292 g/mol. The first-order valence-corrected chi connectivity index (χ1v) is 5.83. The molecule has 82 valence electrons. The van der Waals surface area contributed by atoms with Crippen molar-refractivity contribution in [3.8, 4) is 0 Å². The molecule has 0 saturated carbocycles. The minimum Gasteiger partial charge on any atom is -0.326 e. The molecule has 0 fully saturated rings. The summed E-state index contributed by atoms with van der Waals surface area (Å²) in [5.74, 6) is 0.0408. The van der Waals surface area contributed by atoms with E-state index in [0.29, 0.717) is 27.9 Å². The van der Waals surface area contributed by atoms with Gasteiger partial charge >= 0.3 is 0 Å². The number of carbonyl (C=O) groups excluding carboxylic acids is 1. The molecule has 0 aliphatic carbocycles. The zero-order chi connectivity index (χ0) is 11.4. The molecule has 0 saturated heterocycles. The van der Waals surface area contributed by atoms with E-state index in [9.17, 15) is 9.18 Å². The van der Waals surface area contributed by atoms with Gasteiger partial charge in [-0.2, -0.15) is 12.6 Å². The van der Waals surface area contributed by atoms with Crippen LogP contribution in [0.25, 0.3) is 0 Å². The highest BCUT2D eigenvalue weighted by Crippen LogP contribution is 2.24. The summed E-state index contributed by atoms with van der Waals surface area (Å²) in [6.07, 6.45) is 0.345. The van der Waals surface area contributed by atoms with Gasteiger partial charge in [-0.1, -0.05) is 0 Å². The molecule has 2 nitrogen and oxygen atoms in total. The van der Waals surface area contributed by atoms with E-state index in [1.54, 1.807) is 13.0 Å². The third-order valence-corrected chi connectivity index (χ3v) is 2.71. The number of halogens is 2. The highest BCUT2D eigenvalue weighted by Gasteiger charge is 2.07. The minimum absolute atomic E-state index is 0.119. The van der Waals surface area contributed by atoms with Crippen LogP contribution >= 0.6 is 28.6 Å². The van der Waals surface area contributed by atoms with Crippen LogP contribution in [0.4, 0.5) is 10.1 Å². The summed E-state index contributed by atoms with van der Waals surface area (Å²) in [5, 5.41) is 2.69. The number of anilines is 1. The molecule has 0 aliphatic rings. The number of amides is 1. The second kappa shape index (κ2) is 5.51. The summed E-state index contributed by atoms with van der Waals surface area (Å²) in [7, 11) is 0. The number of carbonyl (C=O) groups is 1. The van der Waals surface area contributed by atoms with Gasteiger partial charge in [-0.15, -0.1) is 0 Å². The number of thiol groups is 1. The SMILES string of the molecule is Cc1cc(F)c(Br)cc1NC(=O)CCS. The Kier molecular flexibility index (Phi) is 4.60. The normalized spacial score (nSPS) is 10.1. The first-order chi connectivity index (χ1) is 7.04. The van der Waals surface area contributed by atoms with Gasteiger partial charge in [-0.25, -0.2) is 4.39 Å². The maximum Gasteiger partial charge on any atom is 0.225 e. The summed E-state index contributed by atoms with van der Waals surface area (Å²) in [4.78, 5) is 11.3. The summed E-state index contributed by atoms with van der Waals surface area (Å²) in [6, 6.07) is 2.93. The van der Waals surface area contributed by atoms with Gasteiger partial charge in [0.15, 0.2) is 0 Å². The van der Waals surface area contributed by atoms with Crippen LogP contribution in [0, 0.1) is 12.7 Å². The smallest absolute Gasteiger partial charge is 0.225 e. The van der Waals surface area contributed by atoms with Gasteiger partial charge in [0, 0.05) is 12.1 Å². The molecule has 1 aromatic carbocycles. The molecule has 0 aromatic heterocycles. The molecule has 0 heterocycles. The zero-order valence-electron chi connectivity index (χ0n) is 8.18. The Morgan fingerprint density at radius 2 is 2.27 bits per heavy atom. The highest BCUT2D eigenvalue weighted by atomic mass is 79.9. The van der Waals surface area contributed by atoms with E-state index in [0.717, 1.165) is 0 Å². The first kappa shape index (κ1) is 12.5. The van der Waals surface area contributed by atoms with E-state index in [1.807, 2.05) is 0 Å². The Balaban J connectivity index is 2.86. The van der Waals surface area contributed by atoms with Crippen LogP contribution in [-0.4, -0.2) is 11.7 Å². The lowest BCUT2D eigenvalue weighted by molar-refractivity contribution is -0.115. The van der Waals surface area contributed by atoms with Gasteiger partial charge in [0.25, 0.3) is 0 Å². The van der Waals surface area contributed by atoms with Crippen LogP contribution < -0.4 is 5.32 Å². The number of aryl methyl sites for hydroxylation is 1. The van der Waals surface area contributed by atoms with E-state index in [2.05, 4.69) is 33.9 Å². The van der Waals surface area contributed by atoms with Crippen molar-refractivity contribution in [1.82, 2.24) is 0 Å². The summed E-state index contributed by atoms with van der Waals surface area (Å²) >= 11 is 7.03. The molecule has 0 atom stereocenters. The van der Waals surface area contributed by atoms with Crippen LogP contribution in [0.15, 0.2) is 16.6 Å². The van der Waals surface area contributed by atoms with Crippen molar-refractivity contribution in [2.24, 2.45) is 0 Å². The monoisotopic (exact) mass is 291 g/mol. The maximum absolute atomic E-state index is 13.1. The molecule has 0 radical (unpaired) electrons. The predicted octanol–water partition coefficient (Wildman–Crippen LogP) is 3.16. The average Bonchev–Trinajstić information content (AvgIpc) is 2.14. The summed E-state index contributed by atoms with van der Waals surface area (Å²) in [5.41, 5.74) is 1.32. The molecule has 0 unspecified atom stereocenters. The van der Waals surface area contributed by atoms with Gasteiger partial charge in [0.1, 0.15) is 5.82 Å². The largest absolute Gasteiger partial charge is 0.326 e. The van der Waals surface area contributed by atoms with Crippen LogP contribution in [0.2, 0.25) is 0 Å². The summed E-state index contributed by atoms with van der Waals surface area (Å²) in [6.45, 7) is 1.74. The van der Waals surface area contributed by atoms with Crippen LogP contribution in [0.1, 0.15) is 12.0 Å². The molecule has 0 bridgehead atoms. The molecule has 0 spiro atoms. The van der Waals surface area contributed by atoms with Crippen molar-refractivity contribution >= 4 is 40.2 Å². The molecule has 1 amide bonds. The fraction of sp³-hybridized carbons (Fsp3) is 0.300. The van der Waals surface area contributed by atoms with Gasteiger partial charge in [0.05, 0.1) is 4.47 Å². The van der Waals surface area contributed by atoms with E-state index < -0.39 is 0 Å². The lowest BCUT2D eigenvalue weighted by atomic mass is 10.2. The van der Waals surface area contributed by atoms with Gasteiger partial charge in [0.2, 0.25) is 5.91 Å². The van der Waals surface area contributed by atoms with Gasteiger partial charge in [-0.05, 0) is 46.3 Å². The molecule has 0 aliphatic heterocycles. The van der Waals surface area contributed by atoms with Crippen molar-refractivity contribution in [3.05, 3.63) is 28.0 Å². The van der Waals surface area contributed by atoms with Crippen LogP contribution in [0.3, 0.4) is 0 Å². The van der Waals surface area contributed by atoms with E-state index >= 15 is 0 Å². The molecular weight excluding hydrogens is 281 g/mol. The van der Waals surface area contributed by atoms with Crippen molar-refractivity contribution in [3.63, 3.8) is 0 Å². The quantitative estimate of drug-likeness (QED) is 0.823. The molecule has 1 aromatic rings. The van der Waals surface area contributed by atoms with Crippen molar-refractivity contribution in [1.29, 1.82) is 0 Å². The zero-order valence-corrected chi connectivity index (χ0v) is 10.7. The maximum atomic E-state index is 13.1. The number of rotatable bonds is 3. The number of hydrogen-bond acceptors (Lipinski definition) is 2. The van der Waals surface area contributed by atoms with E-state index in [1.165, 1.54) is 6.07 Å². The van der Waals surface area contributed by atoms with E-state index in [-0.39, 0.29) is 11.7 Å². The Labute approximate surface area is 102 Å². The third-order valence-electron chi connectivity index (χ3n) is 1.88. The highest BCUT2D eigenvalue weighted by molar-refractivity contribution is 9.10. The topological polar surface area (TPSA) is 29.1 Å². The Hall–Kier alpha value is -0.550. The standard InChI is InChI=1S/C10H11BrFNOS/c1-6-4-8(12)7(11)5-9(6)13-10(14)2-3-15/h4-5,15H,2-3H2,1H3,(H,13,14). The summed E-state index contributed by atoms with van der Waals surface area (Å²) < 4.78 is 13.4. The van der Waals surface area contributed by atoms with Gasteiger partial charge in [-0.3, -0.25) is 4.79 Å². The lowest BCUT2D eigenvalue weighted by Crippen LogP contribution is -2.12. The number of hydrogen-bond donors (Lipinski definition) is 2. The van der Waals surface area contributed by atoms with Crippen molar-refractivity contribution in [2.45, 2.75) is 13.3 Å². The molecule has 1 N–H and O–H groups in total. The van der Waals surface area contributed by atoms with Gasteiger partial charge < -0.3 is 5.32 Å². The molecular formula is C10H11BrFNOS. The second-order valence-electron chi connectivity index (χ2n) is 3.10. The lowest BCUT2D eigenvalue weighted by Gasteiger charge is -2.08. The number of nitrogens with one attached hydrogen (secondary N) is 1. The predicted molar refractivity (Wildman–Crippen MR) is 65.9 cm³/mol. The molecule has 15 heavy (non-hydrogen) atoms. The minimum atomic E-state index is -0.334. The third kappa shape index (κ3) is 3.50. The molecule has 5 heteroatoms. The fourth-order valence-electron chi connectivity index (χ4n) is 1.10. The van der Waals surface area contributed by atoms with Crippen molar-refractivity contribution in [2.75, 3.05) is 11.1 Å². The Morgan fingerprint density at radius 1 is 1.60 bits per heavy atom. The van der Waals surface area contributed by atoms with Crippen molar-refractivity contribution < 1.29 is 9.18 Å². The van der Waals surface area contributed by atoms with Crippen LogP contribution in [-0.2, 0) is 4.79 Å². The second-order valence-corrected chi connectivity index (χ2v) is 4.40. The fourth-order valence-corrected chi connectivity index (χ4v) is 1.64. The first-order valence-electron chi connectivity index (χ1n) is 4.41.